The number of carbonyl (C=O) groups excluding carboxylic acids is 3. The van der Waals surface area contributed by atoms with Gasteiger partial charge >= 0.3 is 24.2 Å². The molecule has 27 heavy (non-hydrogen) atoms. The van der Waals surface area contributed by atoms with E-state index >= 15 is 0 Å². The van der Waals surface area contributed by atoms with Gasteiger partial charge in [0.05, 0.1) is 18.6 Å². The van der Waals surface area contributed by atoms with Crippen molar-refractivity contribution in [1.29, 1.82) is 0 Å². The topological polar surface area (TPSA) is 88.2 Å². The van der Waals surface area contributed by atoms with E-state index in [2.05, 4.69) is 10.2 Å². The molecule has 2 rings (SSSR count). The summed E-state index contributed by atoms with van der Waals surface area (Å²) in [7, 11) is 0. The van der Waals surface area contributed by atoms with Crippen molar-refractivity contribution in [2.24, 2.45) is 5.92 Å². The van der Waals surface area contributed by atoms with Crippen LogP contribution in [-0.2, 0) is 24.0 Å². The van der Waals surface area contributed by atoms with E-state index in [0.29, 0.717) is 9.96 Å². The van der Waals surface area contributed by atoms with Gasteiger partial charge in [-0.15, -0.1) is 5.06 Å². The van der Waals surface area contributed by atoms with Crippen LogP contribution < -0.4 is 5.32 Å². The highest BCUT2D eigenvalue weighted by Crippen LogP contribution is 2.22. The summed E-state index contributed by atoms with van der Waals surface area (Å²) in [5.74, 6) is -5.73. The van der Waals surface area contributed by atoms with Gasteiger partial charge in [-0.3, -0.25) is 9.59 Å². The molecule has 1 N–H and O–H groups in total. The molecule has 8 nitrogen and oxygen atoms in total. The molecule has 1 atom stereocenters. The molecular formula is C13H15F6N3O5. The van der Waals surface area contributed by atoms with Crippen LogP contribution in [0.3, 0.4) is 0 Å². The molecule has 1 unspecified atom stereocenters. The van der Waals surface area contributed by atoms with Crippen LogP contribution in [0.2, 0.25) is 0 Å². The van der Waals surface area contributed by atoms with Gasteiger partial charge < -0.3 is 19.8 Å². The standard InChI is InChI=1S/C13H15F6N3O5/c14-12(15,16)10(24)21-1-2-26-8(6-21)3-20-9(23)7-4-22(5-7)27-11(25)13(17,18)19/h7-8H,1-6H2,(H,20,23). The van der Waals surface area contributed by atoms with Crippen molar-refractivity contribution in [1.82, 2.24) is 15.3 Å². The monoisotopic (exact) mass is 407 g/mol. The lowest BCUT2D eigenvalue weighted by Crippen LogP contribution is -2.57. The number of carbonyl (C=O) groups is 3. The molecule has 0 bridgehead atoms. The Morgan fingerprint density at radius 1 is 1.04 bits per heavy atom. The molecule has 14 heteroatoms. The number of hydrogen-bond donors (Lipinski definition) is 1. The predicted molar refractivity (Wildman–Crippen MR) is 72.6 cm³/mol. The first kappa shape index (κ1) is 21.2. The van der Waals surface area contributed by atoms with Crippen molar-refractivity contribution >= 4 is 17.8 Å². The molecule has 2 saturated heterocycles. The van der Waals surface area contributed by atoms with Gasteiger partial charge in [0.1, 0.15) is 0 Å². The Morgan fingerprint density at radius 3 is 2.22 bits per heavy atom. The number of hydroxylamine groups is 2. The van der Waals surface area contributed by atoms with Crippen LogP contribution in [0.25, 0.3) is 0 Å². The number of rotatable bonds is 4. The number of alkyl halides is 6. The summed E-state index contributed by atoms with van der Waals surface area (Å²) in [6.07, 6.45) is -11.0. The Hall–Kier alpha value is -2.09. The van der Waals surface area contributed by atoms with Crippen molar-refractivity contribution in [2.45, 2.75) is 18.5 Å². The van der Waals surface area contributed by atoms with Crippen molar-refractivity contribution in [3.63, 3.8) is 0 Å². The lowest BCUT2D eigenvalue weighted by Gasteiger charge is -2.37. The fraction of sp³-hybridized carbons (Fsp3) is 0.769. The molecule has 0 saturated carbocycles. The van der Waals surface area contributed by atoms with E-state index in [1.807, 2.05) is 0 Å². The van der Waals surface area contributed by atoms with Crippen molar-refractivity contribution < 1.29 is 50.3 Å². The molecule has 0 spiro atoms. The van der Waals surface area contributed by atoms with E-state index in [0.717, 1.165) is 0 Å². The number of hydrogen-bond acceptors (Lipinski definition) is 6. The van der Waals surface area contributed by atoms with Gasteiger partial charge in [0.2, 0.25) is 5.91 Å². The van der Waals surface area contributed by atoms with Crippen LogP contribution in [0.5, 0.6) is 0 Å². The fourth-order valence-electron chi connectivity index (χ4n) is 2.41. The van der Waals surface area contributed by atoms with Gasteiger partial charge in [-0.2, -0.15) is 26.3 Å². The van der Waals surface area contributed by atoms with Crippen LogP contribution in [0.15, 0.2) is 0 Å². The molecule has 0 aromatic rings. The second-order valence-corrected chi connectivity index (χ2v) is 5.91. The highest BCUT2D eigenvalue weighted by Gasteiger charge is 2.46. The summed E-state index contributed by atoms with van der Waals surface area (Å²) in [6, 6.07) is 0. The van der Waals surface area contributed by atoms with E-state index in [4.69, 9.17) is 4.74 Å². The van der Waals surface area contributed by atoms with Gasteiger partial charge in [-0.05, 0) is 0 Å². The van der Waals surface area contributed by atoms with E-state index in [-0.39, 0.29) is 39.3 Å². The first-order valence-corrected chi connectivity index (χ1v) is 7.67. The van der Waals surface area contributed by atoms with Crippen molar-refractivity contribution in [2.75, 3.05) is 39.3 Å². The van der Waals surface area contributed by atoms with Crippen LogP contribution in [-0.4, -0.2) is 85.5 Å². The van der Waals surface area contributed by atoms with Gasteiger partial charge in [0.25, 0.3) is 0 Å². The number of amides is 2. The summed E-state index contributed by atoms with van der Waals surface area (Å²) < 4.78 is 78.5. The first-order chi connectivity index (χ1) is 12.4. The zero-order valence-electron chi connectivity index (χ0n) is 13.6. The molecule has 0 aliphatic carbocycles. The minimum Gasteiger partial charge on any atom is -0.373 e. The highest BCUT2D eigenvalue weighted by molar-refractivity contribution is 5.82. The van der Waals surface area contributed by atoms with Gasteiger partial charge in [-0.1, -0.05) is 0 Å². The third-order valence-corrected chi connectivity index (χ3v) is 3.83. The maximum absolute atomic E-state index is 12.4. The van der Waals surface area contributed by atoms with Crippen molar-refractivity contribution in [3.8, 4) is 0 Å². The molecule has 2 amide bonds. The lowest BCUT2D eigenvalue weighted by atomic mass is 10.0. The minimum absolute atomic E-state index is 0.132. The number of nitrogens with one attached hydrogen (secondary N) is 1. The third kappa shape index (κ3) is 5.69. The first-order valence-electron chi connectivity index (χ1n) is 7.67. The molecule has 0 aromatic carbocycles. The molecule has 2 aliphatic rings. The average molecular weight is 407 g/mol. The Labute approximate surface area is 148 Å². The Bertz CT molecular complexity index is 590. The maximum Gasteiger partial charge on any atom is 0.492 e. The highest BCUT2D eigenvalue weighted by atomic mass is 19.4. The molecule has 154 valence electrons. The second-order valence-electron chi connectivity index (χ2n) is 5.91. The molecule has 0 radical (unpaired) electrons. The van der Waals surface area contributed by atoms with Crippen LogP contribution in [0, 0.1) is 5.92 Å². The Balaban J connectivity index is 1.71. The fourth-order valence-corrected chi connectivity index (χ4v) is 2.41. The number of morpholine rings is 1. The van der Waals surface area contributed by atoms with E-state index in [1.165, 1.54) is 0 Å². The summed E-state index contributed by atoms with van der Waals surface area (Å²) in [5, 5.41) is 3.05. The van der Waals surface area contributed by atoms with E-state index in [9.17, 15) is 40.7 Å². The number of nitrogens with zero attached hydrogens (tertiary/aromatic N) is 2. The lowest BCUT2D eigenvalue weighted by molar-refractivity contribution is -0.257. The zero-order valence-corrected chi connectivity index (χ0v) is 13.6. The van der Waals surface area contributed by atoms with Gasteiger partial charge in [0, 0.05) is 32.7 Å². The summed E-state index contributed by atoms with van der Waals surface area (Å²) >= 11 is 0. The summed E-state index contributed by atoms with van der Waals surface area (Å²) in [6.45, 7) is -1.41. The van der Waals surface area contributed by atoms with E-state index in [1.54, 1.807) is 0 Å². The quantitative estimate of drug-likeness (QED) is 0.652. The molecule has 2 aliphatic heterocycles. The van der Waals surface area contributed by atoms with Crippen molar-refractivity contribution in [3.05, 3.63) is 0 Å². The van der Waals surface area contributed by atoms with Gasteiger partial charge in [-0.25, -0.2) is 4.79 Å². The predicted octanol–water partition coefficient (Wildman–Crippen LogP) is -0.155. The maximum atomic E-state index is 12.4. The molecular weight excluding hydrogens is 392 g/mol. The molecule has 2 fully saturated rings. The zero-order chi connectivity index (χ0) is 20.4. The number of halogens is 6. The normalized spacial score (nSPS) is 22.1. The molecule has 0 aromatic heterocycles. The third-order valence-electron chi connectivity index (χ3n) is 3.83. The smallest absolute Gasteiger partial charge is 0.373 e. The minimum atomic E-state index is -5.15. The summed E-state index contributed by atoms with van der Waals surface area (Å²) in [5.41, 5.74) is 0. The molecule has 2 heterocycles. The summed E-state index contributed by atoms with van der Waals surface area (Å²) in [4.78, 5) is 38.2. The largest absolute Gasteiger partial charge is 0.492 e. The van der Waals surface area contributed by atoms with Crippen LogP contribution in [0.1, 0.15) is 0 Å². The second kappa shape index (κ2) is 7.88. The van der Waals surface area contributed by atoms with Crippen LogP contribution in [0.4, 0.5) is 26.3 Å². The Kier molecular flexibility index (Phi) is 6.19. The SMILES string of the molecule is O=C(NCC1CN(C(=O)C(F)(F)F)CCO1)C1CN(OC(=O)C(F)(F)F)C1. The Morgan fingerprint density at radius 2 is 1.67 bits per heavy atom. The van der Waals surface area contributed by atoms with E-state index < -0.39 is 42.2 Å². The van der Waals surface area contributed by atoms with Gasteiger partial charge in [0.15, 0.2) is 0 Å². The average Bonchev–Trinajstić information content (AvgIpc) is 2.53. The van der Waals surface area contributed by atoms with Crippen LogP contribution >= 0.6 is 0 Å². The number of ether oxygens (including phenoxy) is 1.